The molecule has 94 valence electrons. The molecule has 0 radical (unpaired) electrons. The number of carboxylic acid groups (broad SMARTS) is 1. The predicted molar refractivity (Wildman–Crippen MR) is 64.9 cm³/mol. The topological polar surface area (TPSA) is 55.1 Å². The van der Waals surface area contributed by atoms with Crippen LogP contribution in [-0.4, -0.2) is 20.9 Å². The maximum Gasteiger partial charge on any atom is 0.354 e. The van der Waals surface area contributed by atoms with Crippen LogP contribution in [0.15, 0.2) is 30.3 Å². The monoisotopic (exact) mass is 248 g/mol. The number of halogens is 1. The average molecular weight is 248 g/mol. The third-order valence-corrected chi connectivity index (χ3v) is 2.55. The summed E-state index contributed by atoms with van der Waals surface area (Å²) >= 11 is 0. The standard InChI is InChI=1S/C13H13FN2O2/c1-2-6-16-12(13(17)18)8-11(15-16)9-4-3-5-10(14)7-9/h3-5,7-8H,2,6H2,1H3,(H,17,18). The molecular formula is C13H13FN2O2. The van der Waals surface area contributed by atoms with Crippen molar-refractivity contribution < 1.29 is 14.3 Å². The van der Waals surface area contributed by atoms with Crippen LogP contribution in [0.5, 0.6) is 0 Å². The van der Waals surface area contributed by atoms with Gasteiger partial charge >= 0.3 is 5.97 Å². The van der Waals surface area contributed by atoms with E-state index in [1.165, 1.54) is 22.9 Å². The third-order valence-electron chi connectivity index (χ3n) is 2.55. The summed E-state index contributed by atoms with van der Waals surface area (Å²) in [6.45, 7) is 2.46. The molecule has 0 saturated carbocycles. The van der Waals surface area contributed by atoms with E-state index in [-0.39, 0.29) is 11.5 Å². The van der Waals surface area contributed by atoms with Crippen molar-refractivity contribution in [1.29, 1.82) is 0 Å². The lowest BCUT2D eigenvalue weighted by Crippen LogP contribution is -2.09. The Balaban J connectivity index is 2.46. The summed E-state index contributed by atoms with van der Waals surface area (Å²) in [5.41, 5.74) is 1.17. The molecule has 0 aliphatic heterocycles. The number of aryl methyl sites for hydroxylation is 1. The molecule has 0 fully saturated rings. The van der Waals surface area contributed by atoms with Gasteiger partial charge in [0.1, 0.15) is 11.5 Å². The van der Waals surface area contributed by atoms with Gasteiger partial charge in [-0.05, 0) is 24.6 Å². The first-order valence-electron chi connectivity index (χ1n) is 5.69. The van der Waals surface area contributed by atoms with Gasteiger partial charge in [-0.1, -0.05) is 19.1 Å². The minimum Gasteiger partial charge on any atom is -0.477 e. The van der Waals surface area contributed by atoms with Gasteiger partial charge in [-0.3, -0.25) is 4.68 Å². The van der Waals surface area contributed by atoms with Gasteiger partial charge in [-0.2, -0.15) is 5.10 Å². The minimum absolute atomic E-state index is 0.121. The molecule has 2 rings (SSSR count). The summed E-state index contributed by atoms with van der Waals surface area (Å²) in [6.07, 6.45) is 0.782. The zero-order valence-corrected chi connectivity index (χ0v) is 9.93. The molecule has 0 amide bonds. The predicted octanol–water partition coefficient (Wildman–Crippen LogP) is 2.80. The van der Waals surface area contributed by atoms with Gasteiger partial charge in [0, 0.05) is 12.1 Å². The maximum atomic E-state index is 13.1. The number of aromatic carboxylic acids is 1. The lowest BCUT2D eigenvalue weighted by molar-refractivity contribution is 0.0683. The number of carboxylic acids is 1. The molecule has 1 N–H and O–H groups in total. The van der Waals surface area contributed by atoms with Gasteiger partial charge < -0.3 is 5.11 Å². The number of benzene rings is 1. The summed E-state index contributed by atoms with van der Waals surface area (Å²) in [5, 5.41) is 13.3. The van der Waals surface area contributed by atoms with E-state index < -0.39 is 5.97 Å². The van der Waals surface area contributed by atoms with E-state index in [0.29, 0.717) is 17.8 Å². The summed E-state index contributed by atoms with van der Waals surface area (Å²) in [4.78, 5) is 11.1. The van der Waals surface area contributed by atoms with Crippen LogP contribution in [0.1, 0.15) is 23.8 Å². The normalized spacial score (nSPS) is 10.6. The zero-order chi connectivity index (χ0) is 13.1. The van der Waals surface area contributed by atoms with Crippen molar-refractivity contribution in [3.8, 4) is 11.3 Å². The third kappa shape index (κ3) is 2.40. The van der Waals surface area contributed by atoms with Crippen molar-refractivity contribution >= 4 is 5.97 Å². The van der Waals surface area contributed by atoms with Crippen molar-refractivity contribution in [1.82, 2.24) is 9.78 Å². The van der Waals surface area contributed by atoms with Gasteiger partial charge in [0.2, 0.25) is 0 Å². The Labute approximate surface area is 104 Å². The van der Waals surface area contributed by atoms with E-state index in [0.717, 1.165) is 6.42 Å². The highest BCUT2D eigenvalue weighted by molar-refractivity contribution is 5.87. The molecule has 0 bridgehead atoms. The second kappa shape index (κ2) is 5.00. The quantitative estimate of drug-likeness (QED) is 0.905. The van der Waals surface area contributed by atoms with Crippen LogP contribution in [0.25, 0.3) is 11.3 Å². The lowest BCUT2D eigenvalue weighted by atomic mass is 10.1. The first-order chi connectivity index (χ1) is 8.61. The van der Waals surface area contributed by atoms with Gasteiger partial charge in [0.15, 0.2) is 0 Å². The Morgan fingerprint density at radius 2 is 2.22 bits per heavy atom. The summed E-state index contributed by atoms with van der Waals surface area (Å²) < 4.78 is 14.5. The fourth-order valence-electron chi connectivity index (χ4n) is 1.76. The lowest BCUT2D eigenvalue weighted by Gasteiger charge is -2.00. The van der Waals surface area contributed by atoms with Crippen LogP contribution in [0.3, 0.4) is 0 Å². The van der Waals surface area contributed by atoms with Crippen LogP contribution in [-0.2, 0) is 6.54 Å². The number of nitrogens with zero attached hydrogens (tertiary/aromatic N) is 2. The summed E-state index contributed by atoms with van der Waals surface area (Å²) in [7, 11) is 0. The minimum atomic E-state index is -1.03. The van der Waals surface area contributed by atoms with E-state index in [1.54, 1.807) is 12.1 Å². The largest absolute Gasteiger partial charge is 0.477 e. The Hall–Kier alpha value is -2.17. The number of hydrogen-bond donors (Lipinski definition) is 1. The smallest absolute Gasteiger partial charge is 0.354 e. The van der Waals surface area contributed by atoms with Gasteiger partial charge in [-0.25, -0.2) is 9.18 Å². The van der Waals surface area contributed by atoms with Crippen molar-refractivity contribution in [3.63, 3.8) is 0 Å². The molecule has 0 spiro atoms. The van der Waals surface area contributed by atoms with Crippen LogP contribution in [0, 0.1) is 5.82 Å². The van der Waals surface area contributed by atoms with Gasteiger partial charge in [0.05, 0.1) is 5.69 Å². The molecule has 0 saturated heterocycles. The SMILES string of the molecule is CCCn1nc(-c2cccc(F)c2)cc1C(=O)O. The highest BCUT2D eigenvalue weighted by atomic mass is 19.1. The molecule has 0 aliphatic carbocycles. The summed E-state index contributed by atoms with van der Waals surface area (Å²) in [6, 6.07) is 7.42. The number of rotatable bonds is 4. The summed E-state index contributed by atoms with van der Waals surface area (Å²) in [5.74, 6) is -1.40. The molecular weight excluding hydrogens is 235 g/mol. The van der Waals surface area contributed by atoms with E-state index in [9.17, 15) is 9.18 Å². The molecule has 18 heavy (non-hydrogen) atoms. The second-order valence-corrected chi connectivity index (χ2v) is 3.95. The first kappa shape index (κ1) is 12.3. The van der Waals surface area contributed by atoms with Gasteiger partial charge in [0.25, 0.3) is 0 Å². The van der Waals surface area contributed by atoms with Crippen molar-refractivity contribution in [3.05, 3.63) is 41.8 Å². The Morgan fingerprint density at radius 3 is 2.83 bits per heavy atom. The van der Waals surface area contributed by atoms with E-state index in [1.807, 2.05) is 6.92 Å². The molecule has 0 unspecified atom stereocenters. The van der Waals surface area contributed by atoms with Crippen molar-refractivity contribution in [2.24, 2.45) is 0 Å². The second-order valence-electron chi connectivity index (χ2n) is 3.95. The maximum absolute atomic E-state index is 13.1. The molecule has 1 aromatic carbocycles. The highest BCUT2D eigenvalue weighted by Gasteiger charge is 2.14. The van der Waals surface area contributed by atoms with Gasteiger partial charge in [-0.15, -0.1) is 0 Å². The zero-order valence-electron chi connectivity index (χ0n) is 9.93. The van der Waals surface area contributed by atoms with Crippen molar-refractivity contribution in [2.75, 3.05) is 0 Å². The van der Waals surface area contributed by atoms with Crippen molar-refractivity contribution in [2.45, 2.75) is 19.9 Å². The van der Waals surface area contributed by atoms with Crippen LogP contribution >= 0.6 is 0 Å². The Morgan fingerprint density at radius 1 is 1.44 bits per heavy atom. The molecule has 1 heterocycles. The molecule has 5 heteroatoms. The molecule has 2 aromatic rings. The van der Waals surface area contributed by atoms with E-state index >= 15 is 0 Å². The molecule has 4 nitrogen and oxygen atoms in total. The molecule has 1 aromatic heterocycles. The first-order valence-corrected chi connectivity index (χ1v) is 5.69. The molecule has 0 atom stereocenters. The van der Waals surface area contributed by atoms with Crippen LogP contribution in [0.4, 0.5) is 4.39 Å². The Bertz CT molecular complexity index is 578. The fourth-order valence-corrected chi connectivity index (χ4v) is 1.76. The van der Waals surface area contributed by atoms with Crippen LogP contribution in [0.2, 0.25) is 0 Å². The number of carbonyl (C=O) groups is 1. The van der Waals surface area contributed by atoms with E-state index in [4.69, 9.17) is 5.11 Å². The Kier molecular flexibility index (Phi) is 3.41. The number of aromatic nitrogens is 2. The number of hydrogen-bond acceptors (Lipinski definition) is 2. The average Bonchev–Trinajstić information content (AvgIpc) is 2.74. The highest BCUT2D eigenvalue weighted by Crippen LogP contribution is 2.20. The fraction of sp³-hybridized carbons (Fsp3) is 0.231. The van der Waals surface area contributed by atoms with E-state index in [2.05, 4.69) is 5.10 Å². The van der Waals surface area contributed by atoms with Crippen LogP contribution < -0.4 is 0 Å². The molecule has 0 aliphatic rings.